The molecule has 36 heavy (non-hydrogen) atoms. The lowest BCUT2D eigenvalue weighted by molar-refractivity contribution is -0.257. The molecule has 12 nitrogen and oxygen atoms in total. The van der Waals surface area contributed by atoms with Gasteiger partial charge in [0.15, 0.2) is 17.8 Å². The van der Waals surface area contributed by atoms with E-state index in [-0.39, 0.29) is 21.4 Å². The van der Waals surface area contributed by atoms with E-state index < -0.39 is 66.0 Å². The van der Waals surface area contributed by atoms with Crippen molar-refractivity contribution in [2.75, 3.05) is 6.61 Å². The van der Waals surface area contributed by atoms with Gasteiger partial charge in [-0.1, -0.05) is 34.5 Å². The lowest BCUT2D eigenvalue weighted by Crippen LogP contribution is -2.67. The van der Waals surface area contributed by atoms with Crippen molar-refractivity contribution in [3.63, 3.8) is 0 Å². The molecule has 0 bridgehead atoms. The Morgan fingerprint density at radius 1 is 1.00 bits per heavy atom. The predicted octanol–water partition coefficient (Wildman–Crippen LogP) is 2.20. The summed E-state index contributed by atoms with van der Waals surface area (Å²) in [5, 5.41) is 2.34. The molecule has 2 heterocycles. The zero-order valence-electron chi connectivity index (χ0n) is 19.3. The maximum atomic E-state index is 12.0. The van der Waals surface area contributed by atoms with Crippen LogP contribution in [-0.2, 0) is 38.1 Å². The average Bonchev–Trinajstić information content (AvgIpc) is 3.13. The molecule has 0 aliphatic carbocycles. The highest BCUT2D eigenvalue weighted by Crippen LogP contribution is 2.41. The van der Waals surface area contributed by atoms with E-state index in [0.29, 0.717) is 4.70 Å². The molecule has 1 aliphatic heterocycles. The van der Waals surface area contributed by atoms with Crippen LogP contribution >= 0.6 is 34.5 Å². The van der Waals surface area contributed by atoms with Gasteiger partial charge in [0.05, 0.1) is 4.70 Å². The van der Waals surface area contributed by atoms with E-state index in [9.17, 15) is 24.0 Å². The Hall–Kier alpha value is -2.87. The van der Waals surface area contributed by atoms with Gasteiger partial charge in [0.1, 0.15) is 34.5 Å². The molecule has 1 saturated heterocycles. The Kier molecular flexibility index (Phi) is 8.82. The number of rotatable bonds is 7. The van der Waals surface area contributed by atoms with E-state index in [1.54, 1.807) is 0 Å². The Labute approximate surface area is 217 Å². The van der Waals surface area contributed by atoms with Crippen LogP contribution in [0.25, 0.3) is 10.3 Å². The highest BCUT2D eigenvalue weighted by Gasteiger charge is 2.52. The van der Waals surface area contributed by atoms with Gasteiger partial charge in [0.25, 0.3) is 0 Å². The zero-order valence-corrected chi connectivity index (χ0v) is 21.7. The van der Waals surface area contributed by atoms with Gasteiger partial charge >= 0.3 is 22.8 Å². The summed E-state index contributed by atoms with van der Waals surface area (Å²) in [7, 11) is 0. The minimum absolute atomic E-state index is 0.0506. The maximum absolute atomic E-state index is 12.0. The van der Waals surface area contributed by atoms with Gasteiger partial charge in [0.2, 0.25) is 12.2 Å². The Bertz CT molecular complexity index is 1240. The summed E-state index contributed by atoms with van der Waals surface area (Å²) in [6, 6.07) is 0.158. The number of amides is 1. The molecule has 1 aromatic carbocycles. The monoisotopic (exact) mass is 565 g/mol. The first-order chi connectivity index (χ1) is 16.9. The fourth-order valence-corrected chi connectivity index (χ4v) is 4.71. The van der Waals surface area contributed by atoms with Gasteiger partial charge < -0.3 is 33.4 Å². The molecule has 196 valence electrons. The van der Waals surface area contributed by atoms with Crippen molar-refractivity contribution in [3.8, 4) is 5.75 Å². The van der Waals surface area contributed by atoms with Crippen molar-refractivity contribution in [2.24, 2.45) is 0 Å². The molecule has 15 heteroatoms. The molecule has 1 amide bonds. The molecular formula is C21H21Cl2NO11S. The third-order valence-electron chi connectivity index (χ3n) is 4.79. The van der Waals surface area contributed by atoms with Gasteiger partial charge in [-0.15, -0.1) is 0 Å². The first-order valence-electron chi connectivity index (χ1n) is 10.4. The molecule has 3 rings (SSSR count). The third-order valence-corrected chi connectivity index (χ3v) is 6.39. The fraction of sp³-hybridized carbons (Fsp3) is 0.476. The molecule has 0 saturated carbocycles. The molecule has 1 fully saturated rings. The minimum Gasteiger partial charge on any atom is -0.463 e. The van der Waals surface area contributed by atoms with E-state index in [1.165, 1.54) is 13.0 Å². The van der Waals surface area contributed by atoms with Crippen molar-refractivity contribution >= 4 is 68.6 Å². The first-order valence-corrected chi connectivity index (χ1v) is 11.9. The maximum Gasteiger partial charge on any atom is 0.396 e. The molecule has 0 radical (unpaired) electrons. The van der Waals surface area contributed by atoms with Crippen LogP contribution in [0, 0.1) is 0 Å². The summed E-state index contributed by atoms with van der Waals surface area (Å²) in [6.45, 7) is 4.19. The number of carbonyl (C=O) groups excluding carboxylic acids is 4. The topological polar surface area (TPSA) is 157 Å². The second-order valence-electron chi connectivity index (χ2n) is 7.62. The normalized spacial score (nSPS) is 23.6. The van der Waals surface area contributed by atoms with Crippen molar-refractivity contribution < 1.29 is 47.3 Å². The van der Waals surface area contributed by atoms with Gasteiger partial charge in [-0.2, -0.15) is 0 Å². The summed E-state index contributed by atoms with van der Waals surface area (Å²) in [5.74, 6) is -2.76. The summed E-state index contributed by atoms with van der Waals surface area (Å²) in [4.78, 5) is 58.3. The van der Waals surface area contributed by atoms with Crippen LogP contribution in [-0.4, -0.2) is 61.1 Å². The molecule has 1 N–H and O–H groups in total. The number of hydrogen-bond acceptors (Lipinski definition) is 12. The number of ether oxygens (including phenoxy) is 5. The molecule has 0 spiro atoms. The van der Waals surface area contributed by atoms with Crippen molar-refractivity contribution in [1.29, 1.82) is 0 Å². The van der Waals surface area contributed by atoms with Crippen molar-refractivity contribution in [2.45, 2.75) is 58.3 Å². The van der Waals surface area contributed by atoms with Crippen LogP contribution in [0.3, 0.4) is 0 Å². The van der Waals surface area contributed by atoms with Crippen LogP contribution in [0.4, 0.5) is 0 Å². The minimum atomic E-state index is -1.42. The highest BCUT2D eigenvalue weighted by molar-refractivity contribution is 7.16. The number of halogens is 2. The fourth-order valence-electron chi connectivity index (χ4n) is 3.53. The van der Waals surface area contributed by atoms with Crippen LogP contribution in [0.2, 0.25) is 10.0 Å². The standard InChI is InChI=1S/C21H21Cl2NO11S/c1-7(25)24-16-19(32-10(4)28)17(31-9(3)27)12(6-30-8(2)26)34-20(16)33-11-5-13-18(15(23)14(11)22)35-21(29)36-13/h5,12,16-17,19-20H,6H2,1-4H3,(H,24,25)/t12-,16+,17-,19-,20-/m1/s1. The quantitative estimate of drug-likeness (QED) is 0.387. The molecular weight excluding hydrogens is 545 g/mol. The molecule has 5 atom stereocenters. The van der Waals surface area contributed by atoms with E-state index in [2.05, 4.69) is 5.32 Å². The van der Waals surface area contributed by atoms with E-state index in [4.69, 9.17) is 51.3 Å². The van der Waals surface area contributed by atoms with Crippen LogP contribution < -0.4 is 15.0 Å². The lowest BCUT2D eigenvalue weighted by Gasteiger charge is -2.44. The number of hydrogen-bond donors (Lipinski definition) is 1. The third kappa shape index (κ3) is 6.46. The number of benzene rings is 1. The SMILES string of the molecule is CC(=O)N[C@@H]1[C@H](Oc2cc3sc(=O)oc3c(Cl)c2Cl)O[C@H](COC(C)=O)[C@@H](OC(C)=O)[C@@H]1OC(C)=O. The summed E-state index contributed by atoms with van der Waals surface area (Å²) in [5.41, 5.74) is 0.0624. The van der Waals surface area contributed by atoms with E-state index in [0.717, 1.165) is 32.1 Å². The second-order valence-corrected chi connectivity index (χ2v) is 9.36. The Morgan fingerprint density at radius 3 is 2.22 bits per heavy atom. The first kappa shape index (κ1) is 27.7. The highest BCUT2D eigenvalue weighted by atomic mass is 35.5. The van der Waals surface area contributed by atoms with Crippen molar-refractivity contribution in [3.05, 3.63) is 25.8 Å². The smallest absolute Gasteiger partial charge is 0.396 e. The van der Waals surface area contributed by atoms with Crippen LogP contribution in [0.15, 0.2) is 15.3 Å². The number of nitrogens with one attached hydrogen (secondary N) is 1. The van der Waals surface area contributed by atoms with E-state index in [1.807, 2.05) is 0 Å². The summed E-state index contributed by atoms with van der Waals surface area (Å²) in [6.07, 6.45) is -5.21. The van der Waals surface area contributed by atoms with Gasteiger partial charge in [-0.05, 0) is 0 Å². The van der Waals surface area contributed by atoms with Gasteiger partial charge in [-0.3, -0.25) is 19.2 Å². The largest absolute Gasteiger partial charge is 0.463 e. The molecule has 2 aromatic rings. The lowest BCUT2D eigenvalue weighted by atomic mass is 9.96. The van der Waals surface area contributed by atoms with Crippen LogP contribution in [0.1, 0.15) is 27.7 Å². The van der Waals surface area contributed by atoms with Gasteiger partial charge in [-0.25, -0.2) is 4.79 Å². The number of esters is 3. The summed E-state index contributed by atoms with van der Waals surface area (Å²) < 4.78 is 33.0. The molecule has 0 unspecified atom stereocenters. The van der Waals surface area contributed by atoms with E-state index >= 15 is 0 Å². The zero-order chi connectivity index (χ0) is 26.7. The van der Waals surface area contributed by atoms with Gasteiger partial charge in [0, 0.05) is 33.8 Å². The van der Waals surface area contributed by atoms with Crippen molar-refractivity contribution in [1.82, 2.24) is 5.32 Å². The predicted molar refractivity (Wildman–Crippen MR) is 125 cm³/mol. The van der Waals surface area contributed by atoms with Crippen LogP contribution in [0.5, 0.6) is 5.75 Å². The Morgan fingerprint density at radius 2 is 1.64 bits per heavy atom. The molecule has 1 aliphatic rings. The number of fused-ring (bicyclic) bond motifs is 1. The Balaban J connectivity index is 2.07. The second kappa shape index (κ2) is 11.5. The summed E-state index contributed by atoms with van der Waals surface area (Å²) >= 11 is 13.3. The average molecular weight is 566 g/mol. The molecule has 1 aromatic heterocycles. The number of carbonyl (C=O) groups is 4.